The molecule has 4 heteroatoms. The second-order valence-electron chi connectivity index (χ2n) is 5.24. The Morgan fingerprint density at radius 1 is 1.10 bits per heavy atom. The van der Waals surface area contributed by atoms with Crippen molar-refractivity contribution in [2.24, 2.45) is 0 Å². The largest absolute Gasteiger partial charge is 0.494 e. The highest BCUT2D eigenvalue weighted by Gasteiger charge is 2.19. The van der Waals surface area contributed by atoms with Gasteiger partial charge >= 0.3 is 0 Å². The van der Waals surface area contributed by atoms with E-state index in [9.17, 15) is 5.11 Å². The molecule has 0 saturated carbocycles. The van der Waals surface area contributed by atoms with Gasteiger partial charge in [0.1, 0.15) is 11.5 Å². The van der Waals surface area contributed by atoms with Gasteiger partial charge in [-0.15, -0.1) is 0 Å². The summed E-state index contributed by atoms with van der Waals surface area (Å²) in [5, 5.41) is 12.4. The van der Waals surface area contributed by atoms with Crippen LogP contribution in [0.15, 0.2) is 24.3 Å². The number of rotatable bonds is 10. The summed E-state index contributed by atoms with van der Waals surface area (Å²) in [4.78, 5) is 0. The third kappa shape index (κ3) is 5.80. The molecule has 0 amide bonds. The highest BCUT2D eigenvalue weighted by atomic mass is 16.5. The second kappa shape index (κ2) is 8.82. The van der Waals surface area contributed by atoms with Gasteiger partial charge in [-0.25, -0.2) is 0 Å². The first-order valence-corrected chi connectivity index (χ1v) is 7.29. The normalized spacial score (nSPS) is 13.8. The molecular formula is C16H27NO3. The topological polar surface area (TPSA) is 50.7 Å². The van der Waals surface area contributed by atoms with Crippen molar-refractivity contribution in [1.29, 1.82) is 0 Å². The Hall–Kier alpha value is -1.26. The van der Waals surface area contributed by atoms with E-state index in [1.54, 1.807) is 0 Å². The summed E-state index contributed by atoms with van der Waals surface area (Å²) in [6, 6.07) is 7.70. The van der Waals surface area contributed by atoms with E-state index < -0.39 is 0 Å². The molecule has 20 heavy (non-hydrogen) atoms. The summed E-state index contributed by atoms with van der Waals surface area (Å²) < 4.78 is 11.2. The molecule has 0 aliphatic rings. The summed E-state index contributed by atoms with van der Waals surface area (Å²) in [7, 11) is 1.87. The molecular weight excluding hydrogens is 254 g/mol. The molecule has 0 radical (unpaired) electrons. The predicted octanol–water partition coefficient (Wildman–Crippen LogP) is 2.60. The lowest BCUT2D eigenvalue weighted by Gasteiger charge is -2.26. The van der Waals surface area contributed by atoms with Crippen molar-refractivity contribution in [2.45, 2.75) is 38.6 Å². The number of aliphatic hydroxyl groups excluding tert-OH is 1. The van der Waals surface area contributed by atoms with Gasteiger partial charge in [0, 0.05) is 5.54 Å². The van der Waals surface area contributed by atoms with Gasteiger partial charge in [0.25, 0.3) is 0 Å². The number of hydrogen-bond donors (Lipinski definition) is 2. The number of nitrogens with one attached hydrogen (secondary N) is 1. The minimum Gasteiger partial charge on any atom is -0.494 e. The van der Waals surface area contributed by atoms with Crippen LogP contribution in [0, 0.1) is 0 Å². The predicted molar refractivity (Wildman–Crippen MR) is 81.5 cm³/mol. The van der Waals surface area contributed by atoms with E-state index in [4.69, 9.17) is 9.47 Å². The van der Waals surface area contributed by atoms with E-state index >= 15 is 0 Å². The first kappa shape index (κ1) is 16.8. The maximum absolute atomic E-state index is 9.29. The van der Waals surface area contributed by atoms with Crippen molar-refractivity contribution in [2.75, 3.05) is 26.9 Å². The number of aliphatic hydroxyl groups is 1. The molecule has 0 fully saturated rings. The van der Waals surface area contributed by atoms with Gasteiger partial charge in [-0.05, 0) is 57.5 Å². The maximum Gasteiger partial charge on any atom is 0.119 e. The molecule has 1 atom stereocenters. The molecule has 2 N–H and O–H groups in total. The fourth-order valence-corrected chi connectivity index (χ4v) is 1.79. The zero-order chi connectivity index (χ0) is 14.8. The Balaban J connectivity index is 2.28. The van der Waals surface area contributed by atoms with Crippen LogP contribution in [0.5, 0.6) is 11.5 Å². The van der Waals surface area contributed by atoms with Crippen LogP contribution in [-0.2, 0) is 0 Å². The number of benzene rings is 1. The summed E-state index contributed by atoms with van der Waals surface area (Å²) in [6.07, 6.45) is 2.77. The molecule has 1 aromatic rings. The molecule has 114 valence electrons. The van der Waals surface area contributed by atoms with Crippen molar-refractivity contribution in [3.8, 4) is 11.5 Å². The number of likely N-dealkylation sites (N-methyl/N-ethyl adjacent to an activating group) is 1. The zero-order valence-corrected chi connectivity index (χ0v) is 12.8. The van der Waals surface area contributed by atoms with Gasteiger partial charge in [-0.1, -0.05) is 6.92 Å². The van der Waals surface area contributed by atoms with Crippen molar-refractivity contribution < 1.29 is 14.6 Å². The SMILES string of the molecule is CCCOc1ccc(OCCCC(C)(CO)NC)cc1. The van der Waals surface area contributed by atoms with Crippen molar-refractivity contribution in [3.05, 3.63) is 24.3 Å². The summed E-state index contributed by atoms with van der Waals surface area (Å²) in [5.74, 6) is 1.73. The van der Waals surface area contributed by atoms with E-state index in [2.05, 4.69) is 12.2 Å². The summed E-state index contributed by atoms with van der Waals surface area (Å²) >= 11 is 0. The van der Waals surface area contributed by atoms with Gasteiger partial charge in [-0.2, -0.15) is 0 Å². The van der Waals surface area contributed by atoms with E-state index in [1.807, 2.05) is 38.2 Å². The van der Waals surface area contributed by atoms with Gasteiger partial charge in [0.05, 0.1) is 19.8 Å². The molecule has 0 saturated heterocycles. The number of ether oxygens (including phenoxy) is 2. The van der Waals surface area contributed by atoms with Crippen LogP contribution in [0.4, 0.5) is 0 Å². The van der Waals surface area contributed by atoms with Crippen LogP contribution in [0.1, 0.15) is 33.1 Å². The third-order valence-corrected chi connectivity index (χ3v) is 3.39. The molecule has 4 nitrogen and oxygen atoms in total. The number of hydrogen-bond acceptors (Lipinski definition) is 4. The standard InChI is InChI=1S/C16H27NO3/c1-4-11-19-14-6-8-15(9-7-14)20-12-5-10-16(2,13-18)17-3/h6-9,17-18H,4-5,10-13H2,1-3H3. The lowest BCUT2D eigenvalue weighted by Crippen LogP contribution is -2.43. The van der Waals surface area contributed by atoms with Gasteiger partial charge in [-0.3, -0.25) is 0 Å². The molecule has 0 spiro atoms. The lowest BCUT2D eigenvalue weighted by molar-refractivity contribution is 0.163. The molecule has 1 rings (SSSR count). The monoisotopic (exact) mass is 281 g/mol. The Labute approximate surface area is 122 Å². The van der Waals surface area contributed by atoms with Gasteiger partial charge in [0.2, 0.25) is 0 Å². The average molecular weight is 281 g/mol. The Morgan fingerprint density at radius 2 is 1.65 bits per heavy atom. The highest BCUT2D eigenvalue weighted by molar-refractivity contribution is 5.31. The fraction of sp³-hybridized carbons (Fsp3) is 0.625. The molecule has 0 bridgehead atoms. The zero-order valence-electron chi connectivity index (χ0n) is 12.8. The lowest BCUT2D eigenvalue weighted by atomic mass is 9.97. The highest BCUT2D eigenvalue weighted by Crippen LogP contribution is 2.18. The van der Waals surface area contributed by atoms with Crippen molar-refractivity contribution >= 4 is 0 Å². The first-order valence-electron chi connectivity index (χ1n) is 7.29. The molecule has 1 aromatic carbocycles. The van der Waals surface area contributed by atoms with E-state index in [-0.39, 0.29) is 12.1 Å². The first-order chi connectivity index (χ1) is 9.63. The molecule has 0 aliphatic carbocycles. The minimum absolute atomic E-state index is 0.132. The molecule has 0 aliphatic heterocycles. The Kier molecular flexibility index (Phi) is 7.41. The average Bonchev–Trinajstić information content (AvgIpc) is 2.50. The smallest absolute Gasteiger partial charge is 0.119 e. The maximum atomic E-state index is 9.29. The minimum atomic E-state index is -0.221. The molecule has 0 aromatic heterocycles. The summed E-state index contributed by atoms with van der Waals surface area (Å²) in [6.45, 7) is 5.61. The third-order valence-electron chi connectivity index (χ3n) is 3.39. The van der Waals surface area contributed by atoms with Crippen LogP contribution in [0.25, 0.3) is 0 Å². The van der Waals surface area contributed by atoms with Crippen LogP contribution >= 0.6 is 0 Å². The fourth-order valence-electron chi connectivity index (χ4n) is 1.79. The van der Waals surface area contributed by atoms with Crippen LogP contribution in [0.2, 0.25) is 0 Å². The molecule has 0 heterocycles. The van der Waals surface area contributed by atoms with E-state index in [0.717, 1.165) is 37.4 Å². The van der Waals surface area contributed by atoms with E-state index in [0.29, 0.717) is 6.61 Å². The van der Waals surface area contributed by atoms with Gasteiger partial charge < -0.3 is 19.9 Å². The van der Waals surface area contributed by atoms with Crippen molar-refractivity contribution in [3.63, 3.8) is 0 Å². The van der Waals surface area contributed by atoms with Crippen LogP contribution in [-0.4, -0.2) is 37.5 Å². The van der Waals surface area contributed by atoms with Gasteiger partial charge in [0.15, 0.2) is 0 Å². The Morgan fingerprint density at radius 3 is 2.10 bits per heavy atom. The van der Waals surface area contributed by atoms with Crippen molar-refractivity contribution in [1.82, 2.24) is 5.32 Å². The summed E-state index contributed by atoms with van der Waals surface area (Å²) in [5.41, 5.74) is -0.221. The Bertz CT molecular complexity index is 360. The molecule has 1 unspecified atom stereocenters. The van der Waals surface area contributed by atoms with Crippen LogP contribution < -0.4 is 14.8 Å². The van der Waals surface area contributed by atoms with Crippen LogP contribution in [0.3, 0.4) is 0 Å². The quantitative estimate of drug-likeness (QED) is 0.647. The second-order valence-corrected chi connectivity index (χ2v) is 5.24. The van der Waals surface area contributed by atoms with E-state index in [1.165, 1.54) is 0 Å².